The van der Waals surface area contributed by atoms with Gasteiger partial charge in [0.05, 0.1) is 0 Å². The second-order valence-corrected chi connectivity index (χ2v) is 25.7. The van der Waals surface area contributed by atoms with Crippen molar-refractivity contribution in [2.45, 2.75) is 6.92 Å². The average molecular weight is 352 g/mol. The molecule has 0 radical (unpaired) electrons. The SMILES string of the molecule is Cc1ccccc1P(=O)(OP(C)(C)(C)C)OP(C)(C)(C)C. The summed E-state index contributed by atoms with van der Waals surface area (Å²) in [6.45, 7) is 13.4. The molecule has 1 rings (SSSR count). The number of hydrogen-bond donors (Lipinski definition) is 0. The van der Waals surface area contributed by atoms with Gasteiger partial charge in [-0.1, -0.05) is 0 Å². The maximum atomic E-state index is 13.7. The monoisotopic (exact) mass is 352 g/mol. The van der Waals surface area contributed by atoms with Crippen molar-refractivity contribution in [3.05, 3.63) is 29.8 Å². The van der Waals surface area contributed by atoms with Gasteiger partial charge in [0, 0.05) is 0 Å². The van der Waals surface area contributed by atoms with Crippen molar-refractivity contribution in [3.8, 4) is 0 Å². The Morgan fingerprint density at radius 3 is 1.52 bits per heavy atom. The first kappa shape index (κ1) is 19.3. The molecule has 6 heteroatoms. The van der Waals surface area contributed by atoms with Gasteiger partial charge in [-0.2, -0.15) is 0 Å². The second-order valence-electron chi connectivity index (χ2n) is 9.27. The maximum absolute atomic E-state index is 13.7. The predicted octanol–water partition coefficient (Wildman–Crippen LogP) is 4.82. The number of rotatable bonds is 5. The molecule has 0 aliphatic rings. The van der Waals surface area contributed by atoms with E-state index in [0.29, 0.717) is 5.30 Å². The Morgan fingerprint density at radius 2 is 1.19 bits per heavy atom. The zero-order valence-corrected chi connectivity index (χ0v) is 17.6. The van der Waals surface area contributed by atoms with Crippen LogP contribution >= 0.6 is 21.3 Å². The number of benzene rings is 1. The molecule has 0 atom stereocenters. The first-order valence-corrected chi connectivity index (χ1v) is 16.5. The fourth-order valence-electron chi connectivity index (χ4n) is 1.83. The molecule has 0 aromatic heterocycles. The summed E-state index contributed by atoms with van der Waals surface area (Å²) in [5.74, 6) is 0. The molecular formula is C15H31O3P3. The molecule has 124 valence electrons. The Bertz CT molecular complexity index is 545. The van der Waals surface area contributed by atoms with Crippen LogP contribution in [-0.2, 0) is 13.2 Å². The van der Waals surface area contributed by atoms with Gasteiger partial charge in [-0.15, -0.1) is 0 Å². The van der Waals surface area contributed by atoms with E-state index in [9.17, 15) is 4.57 Å². The first-order chi connectivity index (χ1) is 8.93. The van der Waals surface area contributed by atoms with Crippen LogP contribution in [0.15, 0.2) is 24.3 Å². The standard InChI is InChI=1S/C15H31O3P3/c1-14-12-10-11-13-15(14)19(16,17-20(2,3,4)5)18-21(6,7,8)9/h10-13H,1-9H3. The Kier molecular flexibility index (Phi) is 4.70. The summed E-state index contributed by atoms with van der Waals surface area (Å²) in [6.07, 6.45) is 0. The minimum absolute atomic E-state index is 0.688. The molecule has 21 heavy (non-hydrogen) atoms. The van der Waals surface area contributed by atoms with Gasteiger partial charge < -0.3 is 0 Å². The summed E-state index contributed by atoms with van der Waals surface area (Å²) < 4.78 is 26.1. The molecule has 0 spiro atoms. The third-order valence-corrected chi connectivity index (χ3v) is 10.3. The second kappa shape index (κ2) is 5.12. The molecule has 1 aromatic carbocycles. The summed E-state index contributed by atoms with van der Waals surface area (Å²) in [6, 6.07) is 7.64. The normalized spacial score (nSPS) is 19.9. The first-order valence-electron chi connectivity index (χ1n) is 7.04. The summed E-state index contributed by atoms with van der Waals surface area (Å²) >= 11 is 0. The van der Waals surface area contributed by atoms with Crippen LogP contribution in [0.5, 0.6) is 0 Å². The molecule has 0 saturated carbocycles. The van der Waals surface area contributed by atoms with Crippen LogP contribution in [0.4, 0.5) is 0 Å². The van der Waals surface area contributed by atoms with Crippen LogP contribution in [0, 0.1) is 6.92 Å². The van der Waals surface area contributed by atoms with Crippen LogP contribution < -0.4 is 5.30 Å². The molecule has 1 aromatic rings. The molecular weight excluding hydrogens is 321 g/mol. The Hall–Kier alpha value is 0.230. The van der Waals surface area contributed by atoms with Crippen molar-refractivity contribution in [1.82, 2.24) is 0 Å². The van der Waals surface area contributed by atoms with E-state index in [1.54, 1.807) is 0 Å². The van der Waals surface area contributed by atoms with Crippen LogP contribution in [0.1, 0.15) is 5.56 Å². The van der Waals surface area contributed by atoms with E-state index < -0.39 is 21.3 Å². The van der Waals surface area contributed by atoms with Crippen LogP contribution in [0.25, 0.3) is 0 Å². The van der Waals surface area contributed by atoms with Crippen molar-refractivity contribution in [3.63, 3.8) is 0 Å². The third-order valence-electron chi connectivity index (χ3n) is 2.28. The van der Waals surface area contributed by atoms with E-state index in [2.05, 4.69) is 0 Å². The van der Waals surface area contributed by atoms with E-state index >= 15 is 0 Å². The van der Waals surface area contributed by atoms with E-state index in [1.807, 2.05) is 84.5 Å². The van der Waals surface area contributed by atoms with Gasteiger partial charge in [0.2, 0.25) is 0 Å². The molecule has 0 heterocycles. The van der Waals surface area contributed by atoms with Crippen molar-refractivity contribution in [2.24, 2.45) is 0 Å². The Labute approximate surface area is 130 Å². The van der Waals surface area contributed by atoms with Crippen LogP contribution in [0.3, 0.4) is 0 Å². The molecule has 0 unspecified atom stereocenters. The molecule has 0 fully saturated rings. The molecule has 0 N–H and O–H groups in total. The van der Waals surface area contributed by atoms with Crippen molar-refractivity contribution < 1.29 is 13.2 Å². The van der Waals surface area contributed by atoms with Crippen LogP contribution in [0.2, 0.25) is 0 Å². The van der Waals surface area contributed by atoms with E-state index in [0.717, 1.165) is 5.56 Å². The topological polar surface area (TPSA) is 35.5 Å². The van der Waals surface area contributed by atoms with E-state index in [1.165, 1.54) is 0 Å². The Balaban J connectivity index is 3.45. The molecule has 0 amide bonds. The fourth-order valence-corrected chi connectivity index (χ4v) is 10.6. The van der Waals surface area contributed by atoms with Gasteiger partial charge in [-0.3, -0.25) is 0 Å². The summed E-state index contributed by atoms with van der Waals surface area (Å²) in [5.41, 5.74) is 0.946. The summed E-state index contributed by atoms with van der Waals surface area (Å²) in [5, 5.41) is 0.688. The minimum atomic E-state index is -3.37. The zero-order valence-electron chi connectivity index (χ0n) is 14.9. The molecule has 0 aliphatic heterocycles. The van der Waals surface area contributed by atoms with Gasteiger partial charge in [0.1, 0.15) is 0 Å². The quantitative estimate of drug-likeness (QED) is 0.713. The molecule has 3 nitrogen and oxygen atoms in total. The number of aryl methyl sites for hydroxylation is 1. The van der Waals surface area contributed by atoms with Crippen molar-refractivity contribution in [1.29, 1.82) is 0 Å². The van der Waals surface area contributed by atoms with E-state index in [4.69, 9.17) is 8.62 Å². The average Bonchev–Trinajstić information content (AvgIpc) is 2.08. The third kappa shape index (κ3) is 6.89. The van der Waals surface area contributed by atoms with Gasteiger partial charge in [0.15, 0.2) is 0 Å². The summed E-state index contributed by atoms with van der Waals surface area (Å²) in [4.78, 5) is 0. The van der Waals surface area contributed by atoms with E-state index in [-0.39, 0.29) is 0 Å². The zero-order chi connectivity index (χ0) is 16.8. The number of hydrogen-bond acceptors (Lipinski definition) is 3. The van der Waals surface area contributed by atoms with Gasteiger partial charge >= 0.3 is 130 Å². The fraction of sp³-hybridized carbons (Fsp3) is 0.600. The summed E-state index contributed by atoms with van der Waals surface area (Å²) in [7, 11) is -3.37. The van der Waals surface area contributed by atoms with Crippen LogP contribution in [-0.4, -0.2) is 53.3 Å². The van der Waals surface area contributed by atoms with Crippen molar-refractivity contribution >= 4 is 26.6 Å². The molecule has 0 aliphatic carbocycles. The predicted molar refractivity (Wildman–Crippen MR) is 102 cm³/mol. The van der Waals surface area contributed by atoms with Gasteiger partial charge in [-0.25, -0.2) is 0 Å². The molecule has 0 saturated heterocycles. The molecule has 0 bridgehead atoms. The Morgan fingerprint density at radius 1 is 0.810 bits per heavy atom. The van der Waals surface area contributed by atoms with Gasteiger partial charge in [-0.05, 0) is 0 Å². The van der Waals surface area contributed by atoms with Gasteiger partial charge in [0.25, 0.3) is 0 Å². The van der Waals surface area contributed by atoms with Crippen molar-refractivity contribution in [2.75, 3.05) is 53.3 Å².